The van der Waals surface area contributed by atoms with Crippen LogP contribution in [0, 0.1) is 0 Å². The van der Waals surface area contributed by atoms with Gasteiger partial charge in [0.15, 0.2) is 5.65 Å². The summed E-state index contributed by atoms with van der Waals surface area (Å²) >= 11 is 0. The van der Waals surface area contributed by atoms with Crippen LogP contribution in [0.2, 0.25) is 0 Å². The number of nitrogens with one attached hydrogen (secondary N) is 2. The number of aryl methyl sites for hydroxylation is 1. The molecular formula is C30H35F3N6O. The van der Waals surface area contributed by atoms with Crippen LogP contribution in [0.25, 0.3) is 22.2 Å². The van der Waals surface area contributed by atoms with Crippen molar-refractivity contribution in [2.45, 2.75) is 52.8 Å². The van der Waals surface area contributed by atoms with Crippen molar-refractivity contribution in [2.24, 2.45) is 7.05 Å². The molecule has 0 spiro atoms. The molecule has 4 aromatic rings. The summed E-state index contributed by atoms with van der Waals surface area (Å²) in [5.74, 6) is 0. The molecule has 0 radical (unpaired) electrons. The number of anilines is 2. The third-order valence-electron chi connectivity index (χ3n) is 6.89. The first-order valence-electron chi connectivity index (χ1n) is 13.2. The van der Waals surface area contributed by atoms with E-state index in [2.05, 4.69) is 42.6 Å². The molecule has 40 heavy (non-hydrogen) atoms. The lowest BCUT2D eigenvalue weighted by Gasteiger charge is -2.21. The van der Waals surface area contributed by atoms with E-state index in [0.717, 1.165) is 33.9 Å². The Bertz CT molecular complexity index is 1500. The molecule has 2 N–H and O–H groups in total. The van der Waals surface area contributed by atoms with Crippen LogP contribution in [0.3, 0.4) is 0 Å². The Balaban J connectivity index is 1.53. The van der Waals surface area contributed by atoms with Crippen LogP contribution in [-0.4, -0.2) is 38.8 Å². The summed E-state index contributed by atoms with van der Waals surface area (Å²) in [4.78, 5) is 19.4. The van der Waals surface area contributed by atoms with Crippen molar-refractivity contribution >= 4 is 28.4 Å². The van der Waals surface area contributed by atoms with Gasteiger partial charge in [0, 0.05) is 41.5 Å². The first-order chi connectivity index (χ1) is 18.8. The molecular weight excluding hydrogens is 517 g/mol. The van der Waals surface area contributed by atoms with Gasteiger partial charge in [-0.15, -0.1) is 0 Å². The Morgan fingerprint density at radius 1 is 0.950 bits per heavy atom. The highest BCUT2D eigenvalue weighted by Gasteiger charge is 2.34. The molecule has 0 fully saturated rings. The predicted molar refractivity (Wildman–Crippen MR) is 153 cm³/mol. The minimum Gasteiger partial charge on any atom is -0.308 e. The SMILES string of the molecule is CCN(CC)Cc1ccc(NC(=O)Nc2ccc(-c3cc(C(C)(C)C)nc4c3cnn4C)cc2)cc1C(F)(F)F. The van der Waals surface area contributed by atoms with E-state index in [-0.39, 0.29) is 23.2 Å². The quantitative estimate of drug-likeness (QED) is 0.250. The summed E-state index contributed by atoms with van der Waals surface area (Å²) in [7, 11) is 1.85. The average molecular weight is 553 g/mol. The van der Waals surface area contributed by atoms with Gasteiger partial charge < -0.3 is 10.6 Å². The number of amides is 2. The van der Waals surface area contributed by atoms with Crippen molar-refractivity contribution in [3.8, 4) is 11.1 Å². The molecule has 2 amide bonds. The summed E-state index contributed by atoms with van der Waals surface area (Å²) in [5.41, 5.74) is 3.44. The monoisotopic (exact) mass is 552 g/mol. The van der Waals surface area contributed by atoms with Gasteiger partial charge in [-0.1, -0.05) is 52.8 Å². The number of aromatic nitrogens is 3. The molecule has 0 bridgehead atoms. The van der Waals surface area contributed by atoms with Crippen molar-refractivity contribution in [2.75, 3.05) is 23.7 Å². The molecule has 0 aliphatic heterocycles. The Kier molecular flexibility index (Phi) is 8.20. The van der Waals surface area contributed by atoms with Crippen LogP contribution in [0.15, 0.2) is 54.7 Å². The van der Waals surface area contributed by atoms with E-state index in [4.69, 9.17) is 4.98 Å². The topological polar surface area (TPSA) is 75.1 Å². The number of halogens is 3. The van der Waals surface area contributed by atoms with Gasteiger partial charge >= 0.3 is 12.2 Å². The number of nitrogens with zero attached hydrogens (tertiary/aromatic N) is 4. The number of pyridine rings is 1. The van der Waals surface area contributed by atoms with Crippen molar-refractivity contribution in [1.29, 1.82) is 0 Å². The third kappa shape index (κ3) is 6.44. The Labute approximate surface area is 232 Å². The van der Waals surface area contributed by atoms with Crippen LogP contribution >= 0.6 is 0 Å². The number of benzene rings is 2. The predicted octanol–water partition coefficient (Wildman–Crippen LogP) is 7.44. The number of hydrogen-bond donors (Lipinski definition) is 2. The van der Waals surface area contributed by atoms with Crippen LogP contribution in [-0.2, 0) is 25.2 Å². The van der Waals surface area contributed by atoms with Crippen LogP contribution in [0.1, 0.15) is 51.4 Å². The highest BCUT2D eigenvalue weighted by atomic mass is 19.4. The maximum absolute atomic E-state index is 13.8. The molecule has 212 valence electrons. The molecule has 0 aliphatic carbocycles. The smallest absolute Gasteiger partial charge is 0.308 e. The van der Waals surface area contributed by atoms with E-state index in [1.807, 2.05) is 37.9 Å². The highest BCUT2D eigenvalue weighted by molar-refractivity contribution is 6.00. The molecule has 10 heteroatoms. The van der Waals surface area contributed by atoms with Gasteiger partial charge in [-0.25, -0.2) is 9.78 Å². The fourth-order valence-corrected chi connectivity index (χ4v) is 4.51. The normalized spacial score (nSPS) is 12.2. The second-order valence-corrected chi connectivity index (χ2v) is 10.8. The number of rotatable bonds is 7. The van der Waals surface area contributed by atoms with Crippen LogP contribution < -0.4 is 10.6 Å². The minimum atomic E-state index is -4.54. The number of carbonyl (C=O) groups excluding carboxylic acids is 1. The molecule has 2 aromatic heterocycles. The summed E-state index contributed by atoms with van der Waals surface area (Å²) in [6, 6.07) is 12.6. The Morgan fingerprint density at radius 2 is 1.57 bits per heavy atom. The molecule has 0 aliphatic rings. The molecule has 0 saturated carbocycles. The van der Waals surface area contributed by atoms with Crippen molar-refractivity contribution in [3.63, 3.8) is 0 Å². The van der Waals surface area contributed by atoms with E-state index in [9.17, 15) is 18.0 Å². The lowest BCUT2D eigenvalue weighted by Crippen LogP contribution is -2.24. The third-order valence-corrected chi connectivity index (χ3v) is 6.89. The van der Waals surface area contributed by atoms with Gasteiger partial charge in [-0.3, -0.25) is 9.58 Å². The molecule has 4 rings (SSSR count). The van der Waals surface area contributed by atoms with Crippen molar-refractivity contribution < 1.29 is 18.0 Å². The first kappa shape index (κ1) is 29.1. The van der Waals surface area contributed by atoms with E-state index >= 15 is 0 Å². The molecule has 7 nitrogen and oxygen atoms in total. The van der Waals surface area contributed by atoms with E-state index < -0.39 is 17.8 Å². The first-order valence-corrected chi connectivity index (χ1v) is 13.2. The number of hydrogen-bond acceptors (Lipinski definition) is 4. The maximum atomic E-state index is 13.8. The van der Waals surface area contributed by atoms with Crippen LogP contribution in [0.4, 0.5) is 29.3 Å². The fourth-order valence-electron chi connectivity index (χ4n) is 4.51. The zero-order valence-corrected chi connectivity index (χ0v) is 23.6. The van der Waals surface area contributed by atoms with Gasteiger partial charge in [0.05, 0.1) is 11.8 Å². The number of fused-ring (bicyclic) bond motifs is 1. The average Bonchev–Trinajstić information content (AvgIpc) is 3.27. The molecule has 0 unspecified atom stereocenters. The number of alkyl halides is 3. The van der Waals surface area contributed by atoms with E-state index in [1.54, 1.807) is 23.0 Å². The fraction of sp³-hybridized carbons (Fsp3) is 0.367. The van der Waals surface area contributed by atoms with Gasteiger partial charge in [0.1, 0.15) is 0 Å². The molecule has 2 heterocycles. The van der Waals surface area contributed by atoms with Crippen LogP contribution in [0.5, 0.6) is 0 Å². The Morgan fingerprint density at radius 3 is 2.17 bits per heavy atom. The number of urea groups is 1. The van der Waals surface area contributed by atoms with Crippen molar-refractivity contribution in [3.05, 3.63) is 71.5 Å². The van der Waals surface area contributed by atoms with Crippen molar-refractivity contribution in [1.82, 2.24) is 19.7 Å². The lowest BCUT2D eigenvalue weighted by molar-refractivity contribution is -0.138. The van der Waals surface area contributed by atoms with Gasteiger partial charge in [0.25, 0.3) is 0 Å². The number of carbonyl (C=O) groups is 1. The highest BCUT2D eigenvalue weighted by Crippen LogP contribution is 2.35. The Hall–Kier alpha value is -3.92. The second-order valence-electron chi connectivity index (χ2n) is 10.8. The minimum absolute atomic E-state index is 0.0650. The summed E-state index contributed by atoms with van der Waals surface area (Å²) in [6.07, 6.45) is -2.75. The maximum Gasteiger partial charge on any atom is 0.416 e. The van der Waals surface area contributed by atoms with Gasteiger partial charge in [0.2, 0.25) is 0 Å². The molecule has 0 saturated heterocycles. The van der Waals surface area contributed by atoms with E-state index in [1.165, 1.54) is 12.1 Å². The van der Waals surface area contributed by atoms with Gasteiger partial charge in [-0.2, -0.15) is 18.3 Å². The lowest BCUT2D eigenvalue weighted by atomic mass is 9.89. The van der Waals surface area contributed by atoms with Gasteiger partial charge in [-0.05, 0) is 60.1 Å². The van der Waals surface area contributed by atoms with E-state index in [0.29, 0.717) is 18.8 Å². The second kappa shape index (κ2) is 11.3. The zero-order valence-electron chi connectivity index (χ0n) is 23.6. The zero-order chi connectivity index (χ0) is 29.2. The molecule has 2 aromatic carbocycles. The molecule has 0 atom stereocenters. The summed E-state index contributed by atoms with van der Waals surface area (Å²) in [6.45, 7) is 11.6. The summed E-state index contributed by atoms with van der Waals surface area (Å²) in [5, 5.41) is 10.5. The largest absolute Gasteiger partial charge is 0.416 e. The summed E-state index contributed by atoms with van der Waals surface area (Å²) < 4.78 is 43.1. The standard InChI is InChI=1S/C30H35F3N6O/c1-7-39(8-2)18-20-11-14-22(15-25(20)30(31,32)33)36-28(40)35-21-12-9-19(10-13-21)23-16-26(29(3,4)5)37-27-24(23)17-34-38(27)6/h9-17H,7-8,18H2,1-6H3,(H2,35,36,40).